The van der Waals surface area contributed by atoms with Crippen LogP contribution < -0.4 is 0 Å². The van der Waals surface area contributed by atoms with Gasteiger partial charge in [-0.15, -0.1) is 0 Å². The molecule has 0 amide bonds. The van der Waals surface area contributed by atoms with Gasteiger partial charge in [-0.2, -0.15) is 0 Å². The Labute approximate surface area is 90.0 Å². The molecule has 0 aliphatic heterocycles. The average molecular weight is 221 g/mol. The fourth-order valence-corrected chi connectivity index (χ4v) is 1.53. The summed E-state index contributed by atoms with van der Waals surface area (Å²) in [6.45, 7) is 0. The molecule has 0 saturated carbocycles. The monoisotopic (exact) mass is 221 g/mol. The number of rotatable bonds is 2. The Kier molecular flexibility index (Phi) is 2.44. The summed E-state index contributed by atoms with van der Waals surface area (Å²) in [5.74, 6) is -1.45. The van der Waals surface area contributed by atoms with Crippen LogP contribution in [0.2, 0.25) is 0 Å². The van der Waals surface area contributed by atoms with Crippen LogP contribution in [0.4, 0.5) is 4.39 Å². The molecule has 2 rings (SSSR count). The Morgan fingerprint density at radius 1 is 1.50 bits per heavy atom. The van der Waals surface area contributed by atoms with Gasteiger partial charge in [0.15, 0.2) is 6.29 Å². The number of halogens is 1. The van der Waals surface area contributed by atoms with E-state index in [-0.39, 0.29) is 5.56 Å². The standard InChI is InChI=1S/C11H8FNO3/c1-16-11(15)8-3-10-7(2-9(8)12)6(5-14)4-13-10/h2-5,13H,1H3. The highest BCUT2D eigenvalue weighted by Gasteiger charge is 2.15. The Bertz CT molecular complexity index is 574. The number of hydrogen-bond acceptors (Lipinski definition) is 3. The fourth-order valence-electron chi connectivity index (χ4n) is 1.53. The van der Waals surface area contributed by atoms with Crippen LogP contribution in [0, 0.1) is 5.82 Å². The molecular weight excluding hydrogens is 213 g/mol. The third-order valence-corrected chi connectivity index (χ3v) is 2.33. The largest absolute Gasteiger partial charge is 0.465 e. The van der Waals surface area contributed by atoms with Gasteiger partial charge < -0.3 is 9.72 Å². The fraction of sp³-hybridized carbons (Fsp3) is 0.0909. The summed E-state index contributed by atoms with van der Waals surface area (Å²) in [6, 6.07) is 2.46. The Balaban J connectivity index is 2.68. The smallest absolute Gasteiger partial charge is 0.340 e. The van der Waals surface area contributed by atoms with Crippen LogP contribution in [-0.2, 0) is 4.74 Å². The van der Waals surface area contributed by atoms with Gasteiger partial charge in [0.05, 0.1) is 12.7 Å². The molecule has 5 heteroatoms. The highest BCUT2D eigenvalue weighted by atomic mass is 19.1. The second-order valence-electron chi connectivity index (χ2n) is 3.23. The number of methoxy groups -OCH3 is 1. The van der Waals surface area contributed by atoms with E-state index in [1.54, 1.807) is 0 Å². The minimum absolute atomic E-state index is 0.158. The van der Waals surface area contributed by atoms with Crippen LogP contribution in [0.15, 0.2) is 18.3 Å². The van der Waals surface area contributed by atoms with Crippen molar-refractivity contribution in [1.29, 1.82) is 0 Å². The van der Waals surface area contributed by atoms with Crippen molar-refractivity contribution in [1.82, 2.24) is 4.98 Å². The van der Waals surface area contributed by atoms with Crippen molar-refractivity contribution in [2.24, 2.45) is 0 Å². The van der Waals surface area contributed by atoms with E-state index in [1.807, 2.05) is 0 Å². The van der Waals surface area contributed by atoms with Crippen molar-refractivity contribution in [3.05, 3.63) is 35.3 Å². The maximum atomic E-state index is 13.5. The van der Waals surface area contributed by atoms with Crippen molar-refractivity contribution in [3.8, 4) is 0 Å². The quantitative estimate of drug-likeness (QED) is 0.622. The predicted octanol–water partition coefficient (Wildman–Crippen LogP) is 1.91. The molecule has 2 aromatic rings. The summed E-state index contributed by atoms with van der Waals surface area (Å²) < 4.78 is 18.0. The number of aldehydes is 1. The molecule has 1 heterocycles. The lowest BCUT2D eigenvalue weighted by molar-refractivity contribution is 0.0595. The van der Waals surface area contributed by atoms with E-state index in [0.717, 1.165) is 6.07 Å². The Morgan fingerprint density at radius 2 is 2.25 bits per heavy atom. The van der Waals surface area contributed by atoms with Crippen molar-refractivity contribution in [2.75, 3.05) is 7.11 Å². The lowest BCUT2D eigenvalue weighted by Crippen LogP contribution is -2.04. The number of carbonyl (C=O) groups is 2. The van der Waals surface area contributed by atoms with Gasteiger partial charge in [0.1, 0.15) is 5.82 Å². The second kappa shape index (κ2) is 3.77. The van der Waals surface area contributed by atoms with Crippen LogP contribution in [0.3, 0.4) is 0 Å². The first-order valence-corrected chi connectivity index (χ1v) is 4.51. The van der Waals surface area contributed by atoms with Crippen molar-refractivity contribution < 1.29 is 18.7 Å². The molecule has 0 unspecified atom stereocenters. The first-order valence-electron chi connectivity index (χ1n) is 4.51. The molecule has 0 radical (unpaired) electrons. The number of nitrogens with one attached hydrogen (secondary N) is 1. The topological polar surface area (TPSA) is 59.2 Å². The van der Waals surface area contributed by atoms with Gasteiger partial charge in [-0.25, -0.2) is 9.18 Å². The summed E-state index contributed by atoms with van der Waals surface area (Å²) in [5.41, 5.74) is 0.712. The maximum Gasteiger partial charge on any atom is 0.340 e. The van der Waals surface area contributed by atoms with Crippen LogP contribution in [0.1, 0.15) is 20.7 Å². The first-order chi connectivity index (χ1) is 7.67. The van der Waals surface area contributed by atoms with Gasteiger partial charge in [0.25, 0.3) is 0 Å². The van der Waals surface area contributed by atoms with Crippen LogP contribution >= 0.6 is 0 Å². The summed E-state index contributed by atoms with van der Waals surface area (Å²) in [5, 5.41) is 0.445. The molecule has 82 valence electrons. The van der Waals surface area contributed by atoms with Crippen molar-refractivity contribution >= 4 is 23.2 Å². The number of fused-ring (bicyclic) bond motifs is 1. The normalized spacial score (nSPS) is 10.4. The third-order valence-electron chi connectivity index (χ3n) is 2.33. The van der Waals surface area contributed by atoms with E-state index >= 15 is 0 Å². The molecule has 1 aromatic heterocycles. The van der Waals surface area contributed by atoms with Crippen molar-refractivity contribution in [3.63, 3.8) is 0 Å². The minimum Gasteiger partial charge on any atom is -0.465 e. The number of aromatic nitrogens is 1. The molecule has 0 spiro atoms. The van der Waals surface area contributed by atoms with Crippen LogP contribution in [0.5, 0.6) is 0 Å². The minimum atomic E-state index is -0.748. The molecule has 0 fully saturated rings. The molecule has 1 N–H and O–H groups in total. The van der Waals surface area contributed by atoms with Crippen molar-refractivity contribution in [2.45, 2.75) is 0 Å². The molecule has 0 aliphatic rings. The van der Waals surface area contributed by atoms with E-state index in [4.69, 9.17) is 0 Å². The molecule has 0 atom stereocenters. The number of aromatic amines is 1. The number of benzene rings is 1. The van der Waals surface area contributed by atoms with E-state index < -0.39 is 11.8 Å². The van der Waals surface area contributed by atoms with Gasteiger partial charge in [-0.1, -0.05) is 0 Å². The average Bonchev–Trinajstić information content (AvgIpc) is 2.69. The van der Waals surface area contributed by atoms with Crippen LogP contribution in [-0.4, -0.2) is 24.3 Å². The Morgan fingerprint density at radius 3 is 2.88 bits per heavy atom. The summed E-state index contributed by atoms with van der Waals surface area (Å²) in [4.78, 5) is 24.6. The third kappa shape index (κ3) is 1.46. The number of esters is 1. The number of ether oxygens (including phenoxy) is 1. The van der Waals surface area contributed by atoms with Gasteiger partial charge >= 0.3 is 5.97 Å². The molecular formula is C11H8FNO3. The second-order valence-corrected chi connectivity index (χ2v) is 3.23. The predicted molar refractivity (Wildman–Crippen MR) is 55.0 cm³/mol. The number of H-pyrrole nitrogens is 1. The molecule has 0 bridgehead atoms. The lowest BCUT2D eigenvalue weighted by Gasteiger charge is -2.01. The maximum absolute atomic E-state index is 13.5. The van der Waals surface area contributed by atoms with E-state index in [2.05, 4.69) is 9.72 Å². The van der Waals surface area contributed by atoms with E-state index in [0.29, 0.717) is 22.8 Å². The van der Waals surface area contributed by atoms with Gasteiger partial charge in [0.2, 0.25) is 0 Å². The highest BCUT2D eigenvalue weighted by molar-refractivity contribution is 6.01. The first kappa shape index (κ1) is 10.4. The Hall–Kier alpha value is -2.17. The SMILES string of the molecule is COC(=O)c1cc2[nH]cc(C=O)c2cc1F. The van der Waals surface area contributed by atoms with Crippen LogP contribution in [0.25, 0.3) is 10.9 Å². The molecule has 1 aromatic carbocycles. The van der Waals surface area contributed by atoms with Gasteiger partial charge in [-0.3, -0.25) is 4.79 Å². The number of carbonyl (C=O) groups excluding carboxylic acids is 2. The summed E-state index contributed by atoms with van der Waals surface area (Å²) in [7, 11) is 1.18. The van der Waals surface area contributed by atoms with Gasteiger partial charge in [0, 0.05) is 22.7 Å². The van der Waals surface area contributed by atoms with E-state index in [1.165, 1.54) is 19.4 Å². The molecule has 4 nitrogen and oxygen atoms in total. The molecule has 0 aliphatic carbocycles. The zero-order valence-corrected chi connectivity index (χ0v) is 8.41. The zero-order chi connectivity index (χ0) is 11.7. The summed E-state index contributed by atoms with van der Waals surface area (Å²) >= 11 is 0. The molecule has 16 heavy (non-hydrogen) atoms. The van der Waals surface area contributed by atoms with Gasteiger partial charge in [-0.05, 0) is 12.1 Å². The van der Waals surface area contributed by atoms with E-state index in [9.17, 15) is 14.0 Å². The lowest BCUT2D eigenvalue weighted by atomic mass is 10.1. The zero-order valence-electron chi connectivity index (χ0n) is 8.41. The molecule has 0 saturated heterocycles. The highest BCUT2D eigenvalue weighted by Crippen LogP contribution is 2.21. The summed E-state index contributed by atoms with van der Waals surface area (Å²) in [6.07, 6.45) is 2.08. The number of hydrogen-bond donors (Lipinski definition) is 1.